The molecule has 0 aliphatic rings. The van der Waals surface area contributed by atoms with Crippen molar-refractivity contribution in [3.05, 3.63) is 192 Å². The Kier molecular flexibility index (Phi) is 8.76. The number of nitrogens with two attached hydrogens (primary N) is 2. The van der Waals surface area contributed by atoms with Gasteiger partial charge < -0.3 is 15.9 Å². The summed E-state index contributed by atoms with van der Waals surface area (Å²) < 4.78 is 6.41. The Morgan fingerprint density at radius 2 is 1.14 bits per heavy atom. The van der Waals surface area contributed by atoms with E-state index in [1.807, 2.05) is 164 Å². The fourth-order valence-corrected chi connectivity index (χ4v) is 5.62. The van der Waals surface area contributed by atoms with Crippen molar-refractivity contribution in [3.63, 3.8) is 0 Å². The Morgan fingerprint density at radius 1 is 0.571 bits per heavy atom. The zero-order valence-electron chi connectivity index (χ0n) is 26.6. The molecule has 0 saturated heterocycles. The lowest BCUT2D eigenvalue weighted by Crippen LogP contribution is -2.05. The van der Waals surface area contributed by atoms with Crippen LogP contribution >= 0.6 is 0 Å². The fraction of sp³-hybridized carbons (Fsp3) is 0. The Bertz CT molecular complexity index is 2390. The number of benzene rings is 6. The normalized spacial score (nSPS) is 12.6. The first-order valence-corrected chi connectivity index (χ1v) is 15.9. The van der Waals surface area contributed by atoms with E-state index in [1.54, 1.807) is 6.21 Å². The highest BCUT2D eigenvalue weighted by molar-refractivity contribution is 6.17. The molecule has 49 heavy (non-hydrogen) atoms. The van der Waals surface area contributed by atoms with Crippen molar-refractivity contribution in [1.29, 1.82) is 5.41 Å². The van der Waals surface area contributed by atoms with E-state index in [0.717, 1.165) is 55.3 Å². The van der Waals surface area contributed by atoms with Gasteiger partial charge in [0.2, 0.25) is 0 Å². The van der Waals surface area contributed by atoms with Crippen molar-refractivity contribution < 1.29 is 4.42 Å². The van der Waals surface area contributed by atoms with Gasteiger partial charge in [0.05, 0.1) is 0 Å². The van der Waals surface area contributed by atoms with Gasteiger partial charge in [-0.1, -0.05) is 133 Å². The predicted molar refractivity (Wildman–Crippen MR) is 204 cm³/mol. The first kappa shape index (κ1) is 30.8. The molecule has 1 aromatic heterocycles. The zero-order chi connectivity index (χ0) is 33.6. The van der Waals surface area contributed by atoms with Crippen molar-refractivity contribution in [2.75, 3.05) is 0 Å². The van der Waals surface area contributed by atoms with E-state index in [0.29, 0.717) is 22.8 Å². The van der Waals surface area contributed by atoms with Crippen LogP contribution < -0.4 is 11.5 Å². The molecule has 236 valence electrons. The average molecular weight is 636 g/mol. The number of nitrogens with zero attached hydrogens (tertiary/aromatic N) is 2. The number of hydrogen-bond acceptors (Lipinski definition) is 4. The van der Waals surface area contributed by atoms with E-state index in [-0.39, 0.29) is 5.84 Å². The van der Waals surface area contributed by atoms with Gasteiger partial charge in [-0.3, -0.25) is 5.41 Å². The second-order valence-corrected chi connectivity index (χ2v) is 11.5. The summed E-state index contributed by atoms with van der Waals surface area (Å²) in [5.41, 5.74) is 21.4. The Balaban J connectivity index is 1.28. The van der Waals surface area contributed by atoms with Gasteiger partial charge >= 0.3 is 0 Å². The Labute approximate surface area is 284 Å². The van der Waals surface area contributed by atoms with E-state index < -0.39 is 0 Å². The van der Waals surface area contributed by atoms with Crippen molar-refractivity contribution in [2.24, 2.45) is 21.5 Å². The molecule has 0 bridgehead atoms. The van der Waals surface area contributed by atoms with Crippen LogP contribution in [0.3, 0.4) is 0 Å². The first-order valence-electron chi connectivity index (χ1n) is 15.9. The standard InChI is InChI=1S/C43H33N5O/c44-38(31-14-6-2-7-15-31)24-25-39(45)32-22-20-30(21-23-32)36-26-34(27-37-35-18-10-11-19-40(35)49-41(36)37)42(46)48-43(33-16-8-3-9-17-33)47-28-29-12-4-1-5-13-29/h1-28,46H,44-45H2/b38-24-,39-25-,46-42?,47-28?,48-43?. The summed E-state index contributed by atoms with van der Waals surface area (Å²) in [7, 11) is 0. The maximum absolute atomic E-state index is 9.19. The van der Waals surface area contributed by atoms with E-state index in [1.165, 1.54) is 0 Å². The molecule has 7 rings (SSSR count). The minimum Gasteiger partial charge on any atom is -0.455 e. The monoisotopic (exact) mass is 635 g/mol. The summed E-state index contributed by atoms with van der Waals surface area (Å²) in [5, 5.41) is 11.1. The Morgan fingerprint density at radius 3 is 1.82 bits per heavy atom. The largest absolute Gasteiger partial charge is 0.455 e. The molecule has 0 amide bonds. The first-order chi connectivity index (χ1) is 24.0. The molecule has 6 nitrogen and oxygen atoms in total. The third-order valence-corrected chi connectivity index (χ3v) is 8.22. The van der Waals surface area contributed by atoms with Crippen molar-refractivity contribution in [3.8, 4) is 11.1 Å². The third-order valence-electron chi connectivity index (χ3n) is 8.22. The van der Waals surface area contributed by atoms with Gasteiger partial charge in [-0.05, 0) is 52.6 Å². The molecule has 0 saturated carbocycles. The number of nitrogens with one attached hydrogen (secondary N) is 1. The molecular formula is C43H33N5O. The fourth-order valence-electron chi connectivity index (χ4n) is 5.62. The van der Waals surface area contributed by atoms with Crippen LogP contribution in [0.5, 0.6) is 0 Å². The van der Waals surface area contributed by atoms with Gasteiger partial charge in [-0.25, -0.2) is 9.98 Å². The molecule has 5 N–H and O–H groups in total. The highest BCUT2D eigenvalue weighted by Gasteiger charge is 2.17. The molecule has 0 fully saturated rings. The summed E-state index contributed by atoms with van der Waals surface area (Å²) in [5.74, 6) is 0.533. The highest BCUT2D eigenvalue weighted by atomic mass is 16.3. The van der Waals surface area contributed by atoms with Crippen LogP contribution in [-0.2, 0) is 0 Å². The molecular weight excluding hydrogens is 603 g/mol. The minimum absolute atomic E-state index is 0.0871. The number of para-hydroxylation sites is 1. The van der Waals surface area contributed by atoms with Crippen molar-refractivity contribution in [2.45, 2.75) is 0 Å². The summed E-state index contributed by atoms with van der Waals surface area (Å²) in [6.07, 6.45) is 5.41. The van der Waals surface area contributed by atoms with Crippen LogP contribution in [0.15, 0.2) is 178 Å². The van der Waals surface area contributed by atoms with Crippen LogP contribution in [0.2, 0.25) is 0 Å². The van der Waals surface area contributed by atoms with E-state index in [2.05, 4.69) is 0 Å². The van der Waals surface area contributed by atoms with Gasteiger partial charge in [-0.2, -0.15) is 0 Å². The number of allylic oxidation sites excluding steroid dienone is 2. The summed E-state index contributed by atoms with van der Waals surface area (Å²) in [6.45, 7) is 0. The molecule has 0 unspecified atom stereocenters. The molecule has 0 radical (unpaired) electrons. The lowest BCUT2D eigenvalue weighted by molar-refractivity contribution is 0.670. The summed E-state index contributed by atoms with van der Waals surface area (Å²) >= 11 is 0. The molecule has 6 heteroatoms. The van der Waals surface area contributed by atoms with E-state index in [9.17, 15) is 5.41 Å². The molecule has 0 spiro atoms. The summed E-state index contributed by atoms with van der Waals surface area (Å²) in [4.78, 5) is 9.48. The van der Waals surface area contributed by atoms with Crippen LogP contribution in [0.4, 0.5) is 0 Å². The van der Waals surface area contributed by atoms with Crippen molar-refractivity contribution >= 4 is 51.2 Å². The molecule has 7 aromatic rings. The average Bonchev–Trinajstić information content (AvgIpc) is 3.55. The van der Waals surface area contributed by atoms with E-state index >= 15 is 0 Å². The summed E-state index contributed by atoms with van der Waals surface area (Å²) in [6, 6.07) is 49.2. The lowest BCUT2D eigenvalue weighted by atomic mass is 9.97. The topological polar surface area (TPSA) is 114 Å². The minimum atomic E-state index is 0.0871. The second-order valence-electron chi connectivity index (χ2n) is 11.5. The smallest absolute Gasteiger partial charge is 0.161 e. The zero-order valence-corrected chi connectivity index (χ0v) is 26.6. The second kappa shape index (κ2) is 13.9. The number of rotatable bonds is 7. The van der Waals surface area contributed by atoms with Gasteiger partial charge in [0.15, 0.2) is 11.7 Å². The van der Waals surface area contributed by atoms with Gasteiger partial charge in [-0.15, -0.1) is 0 Å². The quantitative estimate of drug-likeness (QED) is 0.0921. The molecule has 0 aliphatic heterocycles. The van der Waals surface area contributed by atoms with Crippen LogP contribution in [0, 0.1) is 5.41 Å². The molecule has 0 aliphatic carbocycles. The van der Waals surface area contributed by atoms with Gasteiger partial charge in [0, 0.05) is 45.1 Å². The lowest BCUT2D eigenvalue weighted by Gasteiger charge is -2.09. The Hall–Kier alpha value is -6.79. The highest BCUT2D eigenvalue weighted by Crippen LogP contribution is 2.37. The van der Waals surface area contributed by atoms with E-state index in [4.69, 9.17) is 25.9 Å². The molecule has 6 aromatic carbocycles. The molecule has 1 heterocycles. The van der Waals surface area contributed by atoms with Gasteiger partial charge in [0.1, 0.15) is 11.2 Å². The maximum Gasteiger partial charge on any atom is 0.161 e. The van der Waals surface area contributed by atoms with Crippen LogP contribution in [0.1, 0.15) is 27.8 Å². The van der Waals surface area contributed by atoms with Crippen LogP contribution in [-0.4, -0.2) is 17.9 Å². The van der Waals surface area contributed by atoms with Crippen LogP contribution in [0.25, 0.3) is 44.5 Å². The third kappa shape index (κ3) is 6.84. The molecule has 0 atom stereocenters. The number of aliphatic imine (C=N–C) groups is 2. The predicted octanol–water partition coefficient (Wildman–Crippen LogP) is 9.44. The van der Waals surface area contributed by atoms with Crippen molar-refractivity contribution in [1.82, 2.24) is 0 Å². The number of fused-ring (bicyclic) bond motifs is 3. The SMILES string of the molecule is N=C(N=C(N=Cc1ccccc1)c1ccccc1)c1cc(-c2ccc(/C(N)=C/C=C(\N)c3ccccc3)cc2)c2oc3ccccc3c2c1. The number of furan rings is 1. The maximum atomic E-state index is 9.19. The number of hydrogen-bond donors (Lipinski definition) is 3. The van der Waals surface area contributed by atoms with Gasteiger partial charge in [0.25, 0.3) is 0 Å². The number of amidine groups is 2.